The van der Waals surface area contributed by atoms with Crippen LogP contribution in [0.15, 0.2) is 59.5 Å². The molecule has 0 saturated heterocycles. The van der Waals surface area contributed by atoms with Gasteiger partial charge in [-0.15, -0.1) is 0 Å². The van der Waals surface area contributed by atoms with Crippen LogP contribution in [-0.4, -0.2) is 22.4 Å². The van der Waals surface area contributed by atoms with Crippen LogP contribution in [0.25, 0.3) is 10.8 Å². The van der Waals surface area contributed by atoms with Gasteiger partial charge in [-0.05, 0) is 30.3 Å². The SMILES string of the molecule is O=C(COc1cccc2c(=O)[nH]ccc12)Nc1ccc([N+](=O)[O-])cc1. The van der Waals surface area contributed by atoms with Crippen molar-refractivity contribution in [3.8, 4) is 5.75 Å². The maximum atomic E-state index is 12.0. The number of carbonyl (C=O) groups excluding carboxylic acids is 1. The Bertz CT molecular complexity index is 995. The number of pyridine rings is 1. The minimum atomic E-state index is -0.517. The molecule has 8 heteroatoms. The van der Waals surface area contributed by atoms with Crippen LogP contribution in [0.2, 0.25) is 0 Å². The van der Waals surface area contributed by atoms with Crippen molar-refractivity contribution in [2.45, 2.75) is 0 Å². The van der Waals surface area contributed by atoms with Crippen LogP contribution in [-0.2, 0) is 4.79 Å². The maximum absolute atomic E-state index is 12.0. The van der Waals surface area contributed by atoms with Crippen LogP contribution in [0.5, 0.6) is 5.75 Å². The highest BCUT2D eigenvalue weighted by atomic mass is 16.6. The number of nitro groups is 1. The summed E-state index contributed by atoms with van der Waals surface area (Å²) in [6.07, 6.45) is 1.51. The zero-order valence-electron chi connectivity index (χ0n) is 12.9. The average molecular weight is 339 g/mol. The molecule has 0 aliphatic rings. The van der Waals surface area contributed by atoms with Crippen molar-refractivity contribution in [2.75, 3.05) is 11.9 Å². The Morgan fingerprint density at radius 2 is 1.88 bits per heavy atom. The number of non-ortho nitro benzene ring substituents is 1. The molecule has 0 radical (unpaired) electrons. The number of ether oxygens (including phenoxy) is 1. The van der Waals surface area contributed by atoms with E-state index < -0.39 is 10.8 Å². The van der Waals surface area contributed by atoms with Crippen molar-refractivity contribution in [2.24, 2.45) is 0 Å². The summed E-state index contributed by atoms with van der Waals surface area (Å²) in [4.78, 5) is 36.4. The van der Waals surface area contributed by atoms with E-state index in [0.29, 0.717) is 22.2 Å². The minimum Gasteiger partial charge on any atom is -0.483 e. The fraction of sp³-hybridized carbons (Fsp3) is 0.0588. The molecule has 0 aliphatic carbocycles. The number of nitro benzene ring substituents is 1. The van der Waals surface area contributed by atoms with Gasteiger partial charge in [0, 0.05) is 29.4 Å². The molecule has 1 heterocycles. The van der Waals surface area contributed by atoms with Gasteiger partial charge in [0.15, 0.2) is 6.61 Å². The molecular formula is C17H13N3O5. The maximum Gasteiger partial charge on any atom is 0.269 e. The molecule has 2 N–H and O–H groups in total. The molecule has 0 saturated carbocycles. The van der Waals surface area contributed by atoms with E-state index in [4.69, 9.17) is 4.74 Å². The predicted octanol–water partition coefficient (Wildman–Crippen LogP) is 2.45. The first-order chi connectivity index (χ1) is 12.0. The van der Waals surface area contributed by atoms with E-state index in [1.807, 2.05) is 0 Å². The minimum absolute atomic E-state index is 0.0600. The van der Waals surface area contributed by atoms with E-state index in [1.165, 1.54) is 30.5 Å². The van der Waals surface area contributed by atoms with Gasteiger partial charge in [0.05, 0.1) is 10.3 Å². The summed E-state index contributed by atoms with van der Waals surface area (Å²) in [6, 6.07) is 12.2. The van der Waals surface area contributed by atoms with Crippen LogP contribution in [0.3, 0.4) is 0 Å². The lowest BCUT2D eigenvalue weighted by Crippen LogP contribution is -2.20. The number of hydrogen-bond acceptors (Lipinski definition) is 5. The van der Waals surface area contributed by atoms with Crippen LogP contribution in [0.4, 0.5) is 11.4 Å². The molecule has 0 bridgehead atoms. The van der Waals surface area contributed by atoms with Crippen molar-refractivity contribution in [3.05, 3.63) is 75.2 Å². The second kappa shape index (κ2) is 6.83. The number of nitrogens with one attached hydrogen (secondary N) is 2. The monoisotopic (exact) mass is 339 g/mol. The summed E-state index contributed by atoms with van der Waals surface area (Å²) in [5.74, 6) is -0.00172. The average Bonchev–Trinajstić information content (AvgIpc) is 2.61. The lowest BCUT2D eigenvalue weighted by atomic mass is 10.1. The smallest absolute Gasteiger partial charge is 0.269 e. The van der Waals surface area contributed by atoms with E-state index in [0.717, 1.165) is 0 Å². The zero-order chi connectivity index (χ0) is 17.8. The summed E-state index contributed by atoms with van der Waals surface area (Å²) >= 11 is 0. The van der Waals surface area contributed by atoms with Crippen LogP contribution in [0, 0.1) is 10.1 Å². The first kappa shape index (κ1) is 16.2. The molecule has 0 atom stereocenters. The molecule has 0 unspecified atom stereocenters. The van der Waals surface area contributed by atoms with Gasteiger partial charge in [-0.3, -0.25) is 19.7 Å². The Morgan fingerprint density at radius 3 is 2.60 bits per heavy atom. The predicted molar refractivity (Wildman–Crippen MR) is 91.8 cm³/mol. The number of nitrogens with zero attached hydrogens (tertiary/aromatic N) is 1. The van der Waals surface area contributed by atoms with Crippen molar-refractivity contribution in [1.29, 1.82) is 0 Å². The molecule has 3 aromatic rings. The van der Waals surface area contributed by atoms with Gasteiger partial charge in [-0.2, -0.15) is 0 Å². The van der Waals surface area contributed by atoms with Gasteiger partial charge in [0.25, 0.3) is 17.2 Å². The van der Waals surface area contributed by atoms with Crippen molar-refractivity contribution < 1.29 is 14.5 Å². The second-order valence-corrected chi connectivity index (χ2v) is 5.17. The number of H-pyrrole nitrogens is 1. The highest BCUT2D eigenvalue weighted by Crippen LogP contribution is 2.22. The molecule has 25 heavy (non-hydrogen) atoms. The highest BCUT2D eigenvalue weighted by Gasteiger charge is 2.09. The van der Waals surface area contributed by atoms with Crippen LogP contribution >= 0.6 is 0 Å². The number of anilines is 1. The lowest BCUT2D eigenvalue weighted by Gasteiger charge is -2.09. The first-order valence-electron chi connectivity index (χ1n) is 7.32. The van der Waals surface area contributed by atoms with Gasteiger partial charge in [-0.25, -0.2) is 0 Å². The Morgan fingerprint density at radius 1 is 1.12 bits per heavy atom. The summed E-state index contributed by atoms with van der Waals surface area (Å²) < 4.78 is 5.50. The van der Waals surface area contributed by atoms with Gasteiger partial charge < -0.3 is 15.0 Å². The molecule has 3 rings (SSSR count). The summed E-state index contributed by atoms with van der Waals surface area (Å²) in [7, 11) is 0. The summed E-state index contributed by atoms with van der Waals surface area (Å²) in [5.41, 5.74) is 0.127. The van der Waals surface area contributed by atoms with E-state index >= 15 is 0 Å². The quantitative estimate of drug-likeness (QED) is 0.547. The number of rotatable bonds is 5. The standard InChI is InChI=1S/C17H13N3O5/c21-16(19-11-4-6-12(7-5-11)20(23)24)10-25-15-3-1-2-14-13(15)8-9-18-17(14)22/h1-9H,10H2,(H,18,22)(H,19,21). The van der Waals surface area contributed by atoms with Crippen molar-refractivity contribution in [3.63, 3.8) is 0 Å². The van der Waals surface area contributed by atoms with E-state index in [9.17, 15) is 19.7 Å². The fourth-order valence-corrected chi connectivity index (χ4v) is 2.33. The van der Waals surface area contributed by atoms with E-state index in [-0.39, 0.29) is 17.9 Å². The largest absolute Gasteiger partial charge is 0.483 e. The molecule has 1 amide bonds. The Labute approximate surface area is 141 Å². The fourth-order valence-electron chi connectivity index (χ4n) is 2.33. The van der Waals surface area contributed by atoms with E-state index in [2.05, 4.69) is 10.3 Å². The third-order valence-corrected chi connectivity index (χ3v) is 3.50. The second-order valence-electron chi connectivity index (χ2n) is 5.17. The molecule has 1 aromatic heterocycles. The van der Waals surface area contributed by atoms with Crippen LogP contribution < -0.4 is 15.6 Å². The van der Waals surface area contributed by atoms with E-state index in [1.54, 1.807) is 24.3 Å². The first-order valence-corrected chi connectivity index (χ1v) is 7.32. The van der Waals surface area contributed by atoms with Gasteiger partial charge in [0.2, 0.25) is 0 Å². The Balaban J connectivity index is 1.67. The third kappa shape index (κ3) is 3.63. The molecule has 0 aliphatic heterocycles. The number of hydrogen-bond donors (Lipinski definition) is 2. The number of aromatic nitrogens is 1. The number of benzene rings is 2. The third-order valence-electron chi connectivity index (χ3n) is 3.50. The van der Waals surface area contributed by atoms with Crippen molar-refractivity contribution >= 4 is 28.1 Å². The van der Waals surface area contributed by atoms with Gasteiger partial charge >= 0.3 is 0 Å². The molecule has 0 fully saturated rings. The number of fused-ring (bicyclic) bond motifs is 1. The van der Waals surface area contributed by atoms with Crippen LogP contribution in [0.1, 0.15) is 0 Å². The summed E-state index contributed by atoms with van der Waals surface area (Å²) in [6.45, 7) is -0.261. The molecule has 2 aromatic carbocycles. The summed E-state index contributed by atoms with van der Waals surface area (Å²) in [5, 5.41) is 14.3. The zero-order valence-corrected chi connectivity index (χ0v) is 12.9. The molecule has 126 valence electrons. The topological polar surface area (TPSA) is 114 Å². The number of amides is 1. The number of carbonyl (C=O) groups is 1. The normalized spacial score (nSPS) is 10.4. The molecular weight excluding hydrogens is 326 g/mol. The number of aromatic amines is 1. The van der Waals surface area contributed by atoms with Crippen molar-refractivity contribution in [1.82, 2.24) is 4.98 Å². The lowest BCUT2D eigenvalue weighted by molar-refractivity contribution is -0.384. The highest BCUT2D eigenvalue weighted by molar-refractivity contribution is 5.92. The van der Waals surface area contributed by atoms with Gasteiger partial charge in [0.1, 0.15) is 5.75 Å². The Hall–Kier alpha value is -3.68. The Kier molecular flexibility index (Phi) is 4.42. The molecule has 8 nitrogen and oxygen atoms in total. The van der Waals surface area contributed by atoms with Gasteiger partial charge in [-0.1, -0.05) is 6.07 Å². The molecule has 0 spiro atoms.